The molecule has 0 aromatic heterocycles. The van der Waals surface area contributed by atoms with Crippen LogP contribution in [-0.4, -0.2) is 18.2 Å². The van der Waals surface area contributed by atoms with E-state index in [-0.39, 0.29) is 11.3 Å². The number of hydrogen-bond acceptors (Lipinski definition) is 3. The number of rotatable bonds is 1. The number of carbonyl (C=O) groups is 1. The van der Waals surface area contributed by atoms with Gasteiger partial charge in [-0.05, 0) is 18.2 Å². The molecule has 0 saturated heterocycles. The number of ether oxygens (including phenoxy) is 1. The van der Waals surface area contributed by atoms with Crippen molar-refractivity contribution in [2.24, 2.45) is 0 Å². The number of benzene rings is 1. The summed E-state index contributed by atoms with van der Waals surface area (Å²) in [6, 6.07) is 4.33. The fourth-order valence-electron chi connectivity index (χ4n) is 0.904. The summed E-state index contributed by atoms with van der Waals surface area (Å²) in [5.41, 5.74) is 0.631. The second-order valence-electron chi connectivity index (χ2n) is 2.37. The molecule has 0 amide bonds. The average Bonchev–Trinajstić information content (AvgIpc) is 2.16. The fraction of sp³-hybridized carbons (Fsp3) is 0.100. The maximum absolute atomic E-state index is 11.0. The Labute approximate surface area is 76.0 Å². The van der Waals surface area contributed by atoms with Crippen LogP contribution in [0.3, 0.4) is 0 Å². The summed E-state index contributed by atoms with van der Waals surface area (Å²) in [7, 11) is 1.25. The molecule has 1 N–H and O–H groups in total. The maximum Gasteiger partial charge on any atom is 0.341 e. The molecule has 0 unspecified atom stereocenters. The molecule has 0 bridgehead atoms. The van der Waals surface area contributed by atoms with E-state index in [1.165, 1.54) is 19.2 Å². The van der Waals surface area contributed by atoms with Crippen molar-refractivity contribution in [2.75, 3.05) is 7.11 Å². The Bertz CT molecular complexity index is 374. The Morgan fingerprint density at radius 3 is 2.77 bits per heavy atom. The molecule has 66 valence electrons. The predicted octanol–water partition coefficient (Wildman–Crippen LogP) is 1.16. The number of esters is 1. The maximum atomic E-state index is 11.0. The second-order valence-corrected chi connectivity index (χ2v) is 2.37. The number of phenolic OH excluding ortho intramolecular Hbond substituents is 1. The lowest BCUT2D eigenvalue weighted by atomic mass is 10.1. The Morgan fingerprint density at radius 2 is 2.31 bits per heavy atom. The summed E-state index contributed by atoms with van der Waals surface area (Å²) in [4.78, 5) is 11.0. The molecule has 0 aliphatic heterocycles. The van der Waals surface area contributed by atoms with E-state index in [1.54, 1.807) is 6.07 Å². The van der Waals surface area contributed by atoms with Crippen LogP contribution < -0.4 is 0 Å². The standard InChI is InChI=1S/C10H8O3/c1-3-7-4-5-8(9(11)6-7)10(12)13-2/h1,4-6,11H,2H3. The molecule has 13 heavy (non-hydrogen) atoms. The van der Waals surface area contributed by atoms with Gasteiger partial charge in [-0.25, -0.2) is 4.79 Å². The van der Waals surface area contributed by atoms with Crippen LogP contribution in [0.5, 0.6) is 5.75 Å². The zero-order valence-corrected chi connectivity index (χ0v) is 7.07. The third-order valence-electron chi connectivity index (χ3n) is 1.57. The van der Waals surface area contributed by atoms with Crippen LogP contribution in [0.25, 0.3) is 0 Å². The predicted molar refractivity (Wildman–Crippen MR) is 47.4 cm³/mol. The van der Waals surface area contributed by atoms with E-state index in [9.17, 15) is 9.90 Å². The number of terminal acetylenes is 1. The van der Waals surface area contributed by atoms with Gasteiger partial charge < -0.3 is 9.84 Å². The van der Waals surface area contributed by atoms with Gasteiger partial charge in [-0.15, -0.1) is 6.42 Å². The number of hydrogen-bond donors (Lipinski definition) is 1. The number of carbonyl (C=O) groups excluding carboxylic acids is 1. The van der Waals surface area contributed by atoms with E-state index >= 15 is 0 Å². The molecule has 0 aliphatic rings. The number of methoxy groups -OCH3 is 1. The van der Waals surface area contributed by atoms with Crippen LogP contribution in [-0.2, 0) is 4.74 Å². The van der Waals surface area contributed by atoms with Crippen molar-refractivity contribution in [3.63, 3.8) is 0 Å². The molecule has 3 heteroatoms. The summed E-state index contributed by atoms with van der Waals surface area (Å²) in [5.74, 6) is 1.59. The van der Waals surface area contributed by atoms with Crippen LogP contribution in [0.1, 0.15) is 15.9 Å². The van der Waals surface area contributed by atoms with Gasteiger partial charge in [0, 0.05) is 5.56 Å². The van der Waals surface area contributed by atoms with Gasteiger partial charge >= 0.3 is 5.97 Å². The van der Waals surface area contributed by atoms with Crippen molar-refractivity contribution < 1.29 is 14.6 Å². The molecule has 0 saturated carbocycles. The van der Waals surface area contributed by atoms with Crippen molar-refractivity contribution in [3.8, 4) is 18.1 Å². The lowest BCUT2D eigenvalue weighted by Gasteiger charge is -2.01. The molecule has 1 aromatic carbocycles. The molecule has 1 aromatic rings. The van der Waals surface area contributed by atoms with Crippen molar-refractivity contribution in [2.45, 2.75) is 0 Å². The minimum atomic E-state index is -0.582. The number of phenols is 1. The van der Waals surface area contributed by atoms with E-state index < -0.39 is 5.97 Å². The normalized spacial score (nSPS) is 8.92. The van der Waals surface area contributed by atoms with Crippen molar-refractivity contribution in [3.05, 3.63) is 29.3 Å². The van der Waals surface area contributed by atoms with Crippen LogP contribution in [0.4, 0.5) is 0 Å². The molecule has 1 rings (SSSR count). The molecule has 0 radical (unpaired) electrons. The summed E-state index contributed by atoms with van der Waals surface area (Å²) in [6.45, 7) is 0. The third-order valence-corrected chi connectivity index (χ3v) is 1.57. The highest BCUT2D eigenvalue weighted by molar-refractivity contribution is 5.92. The van der Waals surface area contributed by atoms with Gasteiger partial charge in [-0.3, -0.25) is 0 Å². The van der Waals surface area contributed by atoms with E-state index in [4.69, 9.17) is 6.42 Å². The highest BCUT2D eigenvalue weighted by Crippen LogP contribution is 2.18. The monoisotopic (exact) mass is 176 g/mol. The first-order chi connectivity index (χ1) is 6.19. The molecule has 0 atom stereocenters. The first kappa shape index (κ1) is 9.14. The molecular formula is C10H8O3. The van der Waals surface area contributed by atoms with Gasteiger partial charge in [0.25, 0.3) is 0 Å². The van der Waals surface area contributed by atoms with Crippen LogP contribution in [0, 0.1) is 12.3 Å². The molecular weight excluding hydrogens is 168 g/mol. The largest absolute Gasteiger partial charge is 0.507 e. The summed E-state index contributed by atoms with van der Waals surface area (Å²) < 4.78 is 4.44. The van der Waals surface area contributed by atoms with Crippen molar-refractivity contribution in [1.29, 1.82) is 0 Å². The molecule has 0 heterocycles. The van der Waals surface area contributed by atoms with Gasteiger partial charge in [-0.1, -0.05) is 5.92 Å². The zero-order valence-electron chi connectivity index (χ0n) is 7.07. The first-order valence-electron chi connectivity index (χ1n) is 3.57. The smallest absolute Gasteiger partial charge is 0.341 e. The molecule has 3 nitrogen and oxygen atoms in total. The molecule has 0 spiro atoms. The Balaban J connectivity index is 3.14. The summed E-state index contributed by atoms with van der Waals surface area (Å²) in [6.07, 6.45) is 5.10. The average molecular weight is 176 g/mol. The van der Waals surface area contributed by atoms with Gasteiger partial charge in [0.15, 0.2) is 0 Å². The van der Waals surface area contributed by atoms with E-state index in [0.29, 0.717) is 5.56 Å². The van der Waals surface area contributed by atoms with Gasteiger partial charge in [-0.2, -0.15) is 0 Å². The van der Waals surface area contributed by atoms with Crippen LogP contribution in [0.2, 0.25) is 0 Å². The minimum Gasteiger partial charge on any atom is -0.507 e. The highest BCUT2D eigenvalue weighted by atomic mass is 16.5. The second kappa shape index (κ2) is 3.63. The fourth-order valence-corrected chi connectivity index (χ4v) is 0.904. The summed E-state index contributed by atoms with van der Waals surface area (Å²) >= 11 is 0. The highest BCUT2D eigenvalue weighted by Gasteiger charge is 2.10. The lowest BCUT2D eigenvalue weighted by Crippen LogP contribution is -2.01. The minimum absolute atomic E-state index is 0.113. The van der Waals surface area contributed by atoms with Gasteiger partial charge in [0.1, 0.15) is 11.3 Å². The third kappa shape index (κ3) is 1.79. The Hall–Kier alpha value is -1.95. The van der Waals surface area contributed by atoms with Crippen molar-refractivity contribution in [1.82, 2.24) is 0 Å². The summed E-state index contributed by atoms with van der Waals surface area (Å²) in [5, 5.41) is 9.33. The first-order valence-corrected chi connectivity index (χ1v) is 3.57. The molecule has 0 fully saturated rings. The van der Waals surface area contributed by atoms with E-state index in [2.05, 4.69) is 10.7 Å². The lowest BCUT2D eigenvalue weighted by molar-refractivity contribution is 0.0597. The van der Waals surface area contributed by atoms with Crippen molar-refractivity contribution >= 4 is 5.97 Å². The van der Waals surface area contributed by atoms with E-state index in [1.807, 2.05) is 0 Å². The zero-order chi connectivity index (χ0) is 9.84. The van der Waals surface area contributed by atoms with E-state index in [0.717, 1.165) is 0 Å². The Morgan fingerprint density at radius 1 is 1.62 bits per heavy atom. The van der Waals surface area contributed by atoms with Crippen LogP contribution >= 0.6 is 0 Å². The van der Waals surface area contributed by atoms with Gasteiger partial charge in [0.2, 0.25) is 0 Å². The quantitative estimate of drug-likeness (QED) is 0.516. The SMILES string of the molecule is C#Cc1ccc(C(=O)OC)c(O)c1. The Kier molecular flexibility index (Phi) is 2.56. The number of aromatic hydroxyl groups is 1. The molecule has 0 aliphatic carbocycles. The van der Waals surface area contributed by atoms with Crippen LogP contribution in [0.15, 0.2) is 18.2 Å². The van der Waals surface area contributed by atoms with Gasteiger partial charge in [0.05, 0.1) is 7.11 Å². The topological polar surface area (TPSA) is 46.5 Å².